The van der Waals surface area contributed by atoms with Crippen molar-refractivity contribution < 1.29 is 8.22 Å². The lowest BCUT2D eigenvalue weighted by Crippen LogP contribution is -1.69. The smallest absolute Gasteiger partial charge is 0.0638 e. The molecule has 0 N–H and O–H groups in total. The Balaban J connectivity index is 2.60. The summed E-state index contributed by atoms with van der Waals surface area (Å²) in [6, 6.07) is 6.74. The van der Waals surface area contributed by atoms with Crippen LogP contribution in [0.3, 0.4) is 0 Å². The standard InChI is InChI=1S/C13H10S/c1-9-6-7-13-11(8-9)10-4-2-3-5-12(10)14-13/h2-8H,1H3/i1D3,6D,7D,8D. The average Bonchev–Trinajstić information content (AvgIpc) is 2.74. The van der Waals surface area contributed by atoms with Crippen molar-refractivity contribution >= 4 is 31.5 Å². The van der Waals surface area contributed by atoms with Gasteiger partial charge in [0.2, 0.25) is 0 Å². The zero-order valence-electron chi connectivity index (χ0n) is 13.2. The van der Waals surface area contributed by atoms with Crippen LogP contribution in [0.25, 0.3) is 20.2 Å². The van der Waals surface area contributed by atoms with E-state index in [1.807, 2.05) is 24.3 Å². The van der Waals surface area contributed by atoms with Crippen molar-refractivity contribution in [1.29, 1.82) is 0 Å². The molecular weight excluding hydrogens is 188 g/mol. The molecule has 68 valence electrons. The first-order valence-electron chi connectivity index (χ1n) is 7.24. The number of fused-ring (bicyclic) bond motifs is 3. The zero-order valence-corrected chi connectivity index (χ0v) is 8.03. The monoisotopic (exact) mass is 204 g/mol. The van der Waals surface area contributed by atoms with Crippen molar-refractivity contribution in [2.24, 2.45) is 0 Å². The van der Waals surface area contributed by atoms with Crippen LogP contribution in [0.2, 0.25) is 0 Å². The van der Waals surface area contributed by atoms with Crippen molar-refractivity contribution in [3.05, 3.63) is 48.0 Å². The van der Waals surface area contributed by atoms with Gasteiger partial charge >= 0.3 is 0 Å². The Morgan fingerprint density at radius 1 is 1.14 bits per heavy atom. The molecule has 0 saturated heterocycles. The summed E-state index contributed by atoms with van der Waals surface area (Å²) < 4.78 is 48.0. The van der Waals surface area contributed by atoms with E-state index in [0.29, 0.717) is 10.1 Å². The van der Waals surface area contributed by atoms with Crippen molar-refractivity contribution in [2.75, 3.05) is 0 Å². The number of hydrogen-bond acceptors (Lipinski definition) is 1. The maximum Gasteiger partial charge on any atom is 0.0638 e. The summed E-state index contributed by atoms with van der Waals surface area (Å²) in [5.74, 6) is 0. The summed E-state index contributed by atoms with van der Waals surface area (Å²) in [7, 11) is 0. The van der Waals surface area contributed by atoms with Crippen molar-refractivity contribution in [1.82, 2.24) is 0 Å². The van der Waals surface area contributed by atoms with Crippen LogP contribution < -0.4 is 0 Å². The van der Waals surface area contributed by atoms with Gasteiger partial charge in [0.05, 0.1) is 4.11 Å². The zero-order chi connectivity index (χ0) is 14.7. The van der Waals surface area contributed by atoms with E-state index in [2.05, 4.69) is 0 Å². The molecule has 0 saturated carbocycles. The summed E-state index contributed by atoms with van der Waals surface area (Å²) in [4.78, 5) is 0. The van der Waals surface area contributed by atoms with Crippen LogP contribution in [0.15, 0.2) is 42.4 Å². The molecule has 0 aliphatic rings. The molecule has 1 heterocycles. The predicted octanol–water partition coefficient (Wildman–Crippen LogP) is 4.36. The van der Waals surface area contributed by atoms with E-state index in [4.69, 9.17) is 8.22 Å². The van der Waals surface area contributed by atoms with Crippen LogP contribution in [0.5, 0.6) is 0 Å². The van der Waals surface area contributed by atoms with Gasteiger partial charge in [-0.05, 0) is 25.0 Å². The third-order valence-corrected chi connectivity index (χ3v) is 3.23. The van der Waals surface area contributed by atoms with E-state index in [0.717, 1.165) is 10.1 Å². The lowest BCUT2D eigenvalue weighted by atomic mass is 10.1. The van der Waals surface area contributed by atoms with E-state index in [-0.39, 0.29) is 23.7 Å². The molecule has 0 nitrogen and oxygen atoms in total. The molecule has 0 aliphatic heterocycles. The Morgan fingerprint density at radius 2 is 2.07 bits per heavy atom. The van der Waals surface area contributed by atoms with Gasteiger partial charge in [-0.1, -0.05) is 29.8 Å². The van der Waals surface area contributed by atoms with Gasteiger partial charge in [-0.15, -0.1) is 11.3 Å². The minimum atomic E-state index is -2.55. The highest BCUT2D eigenvalue weighted by atomic mass is 32.1. The molecule has 3 aromatic rings. The molecule has 3 rings (SSSR count). The molecule has 1 heteroatoms. The lowest BCUT2D eigenvalue weighted by Gasteiger charge is -1.92. The number of benzene rings is 2. The van der Waals surface area contributed by atoms with Crippen molar-refractivity contribution in [3.63, 3.8) is 0 Å². The van der Waals surface area contributed by atoms with E-state index in [9.17, 15) is 0 Å². The predicted molar refractivity (Wildman–Crippen MR) is 64.1 cm³/mol. The highest BCUT2D eigenvalue weighted by Gasteiger charge is 2.02. The molecular formula is C13H10S. The van der Waals surface area contributed by atoms with Gasteiger partial charge in [-0.2, -0.15) is 0 Å². The van der Waals surface area contributed by atoms with Crippen molar-refractivity contribution in [2.45, 2.75) is 6.85 Å². The fourth-order valence-electron chi connectivity index (χ4n) is 1.53. The molecule has 0 radical (unpaired) electrons. The Labute approximate surface area is 95.2 Å². The van der Waals surface area contributed by atoms with E-state index in [1.54, 1.807) is 0 Å². The highest BCUT2D eigenvalue weighted by molar-refractivity contribution is 7.25. The van der Waals surface area contributed by atoms with E-state index >= 15 is 0 Å². The van der Waals surface area contributed by atoms with Crippen LogP contribution in [-0.2, 0) is 0 Å². The SMILES string of the molecule is [2H]c1c(C([2H])([2H])[2H])c([2H])c2c(sc3ccccc32)c1[2H]. The van der Waals surface area contributed by atoms with Gasteiger partial charge in [-0.25, -0.2) is 0 Å². The third-order valence-electron chi connectivity index (χ3n) is 2.15. The molecule has 0 amide bonds. The summed E-state index contributed by atoms with van der Waals surface area (Å²) in [5, 5.41) is 1.24. The first kappa shape index (κ1) is 4.03. The van der Waals surface area contributed by atoms with Crippen LogP contribution in [-0.4, -0.2) is 0 Å². The first-order chi connectivity index (χ1) is 9.32. The second-order valence-electron chi connectivity index (χ2n) is 3.05. The van der Waals surface area contributed by atoms with Crippen LogP contribution in [0.1, 0.15) is 13.8 Å². The first-order valence-corrected chi connectivity index (χ1v) is 5.05. The van der Waals surface area contributed by atoms with Gasteiger partial charge in [0.25, 0.3) is 0 Å². The van der Waals surface area contributed by atoms with Gasteiger partial charge < -0.3 is 0 Å². The fraction of sp³-hybridized carbons (Fsp3) is 0.0769. The maximum atomic E-state index is 8.17. The molecule has 0 bridgehead atoms. The lowest BCUT2D eigenvalue weighted by molar-refractivity contribution is 1.52. The molecule has 0 aliphatic carbocycles. The summed E-state index contributed by atoms with van der Waals surface area (Å²) >= 11 is 1.32. The Bertz CT molecular complexity index is 830. The van der Waals surface area contributed by atoms with E-state index in [1.165, 1.54) is 11.3 Å². The topological polar surface area (TPSA) is 0 Å². The van der Waals surface area contributed by atoms with Crippen LogP contribution in [0, 0.1) is 6.85 Å². The Hall–Kier alpha value is -1.34. The maximum absolute atomic E-state index is 8.17. The Kier molecular flexibility index (Phi) is 0.813. The molecule has 2 aromatic carbocycles. The second kappa shape index (κ2) is 2.82. The number of rotatable bonds is 0. The molecule has 14 heavy (non-hydrogen) atoms. The fourth-order valence-corrected chi connectivity index (χ4v) is 2.54. The second-order valence-corrected chi connectivity index (χ2v) is 4.10. The van der Waals surface area contributed by atoms with Gasteiger partial charge in [-0.3, -0.25) is 0 Å². The molecule has 0 spiro atoms. The van der Waals surface area contributed by atoms with Gasteiger partial charge in [0, 0.05) is 24.3 Å². The summed E-state index contributed by atoms with van der Waals surface area (Å²) in [6.07, 6.45) is 0. The molecule has 1 aromatic heterocycles. The normalized spacial score (nSPS) is 18.3. The van der Waals surface area contributed by atoms with Crippen LogP contribution >= 0.6 is 11.3 Å². The summed E-state index contributed by atoms with van der Waals surface area (Å²) in [6.45, 7) is -2.55. The van der Waals surface area contributed by atoms with E-state index < -0.39 is 6.85 Å². The largest absolute Gasteiger partial charge is 0.135 e. The van der Waals surface area contributed by atoms with Crippen molar-refractivity contribution in [3.8, 4) is 0 Å². The molecule has 0 atom stereocenters. The average molecular weight is 204 g/mol. The third kappa shape index (κ3) is 1.06. The van der Waals surface area contributed by atoms with Gasteiger partial charge in [0.15, 0.2) is 0 Å². The van der Waals surface area contributed by atoms with Gasteiger partial charge in [0.1, 0.15) is 0 Å². The molecule has 0 fully saturated rings. The minimum Gasteiger partial charge on any atom is -0.135 e. The molecule has 0 unspecified atom stereocenters. The Morgan fingerprint density at radius 3 is 3.00 bits per heavy atom. The number of thiophene rings is 1. The highest BCUT2D eigenvalue weighted by Crippen LogP contribution is 2.33. The van der Waals surface area contributed by atoms with Crippen LogP contribution in [0.4, 0.5) is 0 Å². The number of hydrogen-bond donors (Lipinski definition) is 0. The minimum absolute atomic E-state index is 0.108. The quantitative estimate of drug-likeness (QED) is 0.510. The summed E-state index contributed by atoms with van der Waals surface area (Å²) in [5.41, 5.74) is -0.335.